The third-order valence-electron chi connectivity index (χ3n) is 4.83. The number of nitrogens with two attached hydrogens (primary N) is 2. The lowest BCUT2D eigenvalue weighted by atomic mass is 10.0. The summed E-state index contributed by atoms with van der Waals surface area (Å²) in [5.41, 5.74) is 7.00. The van der Waals surface area contributed by atoms with Crippen LogP contribution >= 0.6 is 0 Å². The average molecular weight is 355 g/mol. The lowest BCUT2D eigenvalue weighted by Crippen LogP contribution is -2.44. The van der Waals surface area contributed by atoms with Crippen molar-refractivity contribution >= 4 is 5.52 Å². The van der Waals surface area contributed by atoms with E-state index in [1.54, 1.807) is 25.1 Å². The van der Waals surface area contributed by atoms with Crippen LogP contribution in [-0.2, 0) is 6.54 Å². The first kappa shape index (κ1) is 16.5. The van der Waals surface area contributed by atoms with E-state index in [4.69, 9.17) is 11.6 Å². The second-order valence-corrected chi connectivity index (χ2v) is 6.56. The molecule has 1 aliphatic rings. The molecule has 0 bridgehead atoms. The molecule has 0 aromatic carbocycles. The fourth-order valence-electron chi connectivity index (χ4n) is 3.42. The van der Waals surface area contributed by atoms with Crippen LogP contribution in [0.4, 0.5) is 4.39 Å². The predicted octanol–water partition coefficient (Wildman–Crippen LogP) is 1.02. The minimum atomic E-state index is -0.772. The quantitative estimate of drug-likeness (QED) is 0.682. The molecule has 8 heteroatoms. The Balaban J connectivity index is 2.14. The van der Waals surface area contributed by atoms with E-state index in [0.717, 1.165) is 23.4 Å². The third-order valence-corrected chi connectivity index (χ3v) is 4.83. The number of fused-ring (bicyclic) bond motifs is 1. The molecular weight excluding hydrogens is 337 g/mol. The maximum absolute atomic E-state index is 14.9. The van der Waals surface area contributed by atoms with Crippen molar-refractivity contribution in [3.63, 3.8) is 0 Å². The number of aromatic nitrogens is 3. The molecule has 26 heavy (non-hydrogen) atoms. The van der Waals surface area contributed by atoms with Crippen LogP contribution in [0, 0.1) is 12.7 Å². The molecule has 0 atom stereocenters. The Bertz CT molecular complexity index is 1160. The van der Waals surface area contributed by atoms with Crippen LogP contribution < -0.4 is 22.8 Å². The fraction of sp³-hybridized carbons (Fsp3) is 0.278. The highest BCUT2D eigenvalue weighted by Gasteiger charge is 2.32. The summed E-state index contributed by atoms with van der Waals surface area (Å²) in [5, 5.41) is 0. The SMILES string of the molecule is Cc1c(-c2cccc(CN)n2)c(F)cn2c(=O)n(N)c(=O)c(C3CC3)c12. The van der Waals surface area contributed by atoms with E-state index in [0.29, 0.717) is 32.7 Å². The number of hydrogen-bond donors (Lipinski definition) is 2. The monoisotopic (exact) mass is 355 g/mol. The molecule has 0 amide bonds. The second kappa shape index (κ2) is 5.77. The van der Waals surface area contributed by atoms with E-state index < -0.39 is 17.1 Å². The summed E-state index contributed by atoms with van der Waals surface area (Å²) in [5.74, 6) is 5.05. The van der Waals surface area contributed by atoms with Gasteiger partial charge in [-0.05, 0) is 43.4 Å². The number of nitrogens with zero attached hydrogens (tertiary/aromatic N) is 3. The zero-order chi connectivity index (χ0) is 18.6. The van der Waals surface area contributed by atoms with Crippen molar-refractivity contribution < 1.29 is 4.39 Å². The first-order chi connectivity index (χ1) is 12.4. The number of aryl methyl sites for hydroxylation is 1. The summed E-state index contributed by atoms with van der Waals surface area (Å²) >= 11 is 0. The maximum Gasteiger partial charge on any atom is 0.354 e. The summed E-state index contributed by atoms with van der Waals surface area (Å²) in [7, 11) is 0. The molecule has 1 saturated carbocycles. The Kier molecular flexibility index (Phi) is 3.66. The van der Waals surface area contributed by atoms with Gasteiger partial charge in [0.1, 0.15) is 5.82 Å². The summed E-state index contributed by atoms with van der Waals surface area (Å²) in [4.78, 5) is 29.4. The molecule has 0 spiro atoms. The molecule has 3 aromatic heterocycles. The molecule has 1 aliphatic carbocycles. The van der Waals surface area contributed by atoms with Gasteiger partial charge in [-0.2, -0.15) is 4.68 Å². The van der Waals surface area contributed by atoms with E-state index in [2.05, 4.69) is 4.98 Å². The maximum atomic E-state index is 14.9. The van der Waals surface area contributed by atoms with Gasteiger partial charge in [0.2, 0.25) is 0 Å². The van der Waals surface area contributed by atoms with Gasteiger partial charge >= 0.3 is 5.69 Å². The minimum Gasteiger partial charge on any atom is -0.332 e. The van der Waals surface area contributed by atoms with Crippen molar-refractivity contribution in [2.24, 2.45) is 5.73 Å². The smallest absolute Gasteiger partial charge is 0.332 e. The van der Waals surface area contributed by atoms with E-state index in [-0.39, 0.29) is 18.0 Å². The molecule has 134 valence electrons. The average Bonchev–Trinajstić information content (AvgIpc) is 3.46. The molecule has 0 radical (unpaired) electrons. The summed E-state index contributed by atoms with van der Waals surface area (Å²) in [6.07, 6.45) is 2.76. The van der Waals surface area contributed by atoms with Gasteiger partial charge in [0.15, 0.2) is 0 Å². The minimum absolute atomic E-state index is 0.0354. The zero-order valence-electron chi connectivity index (χ0n) is 14.2. The molecule has 0 unspecified atom stereocenters. The van der Waals surface area contributed by atoms with Gasteiger partial charge in [-0.3, -0.25) is 14.2 Å². The molecule has 4 N–H and O–H groups in total. The van der Waals surface area contributed by atoms with Gasteiger partial charge in [0.05, 0.1) is 23.1 Å². The van der Waals surface area contributed by atoms with Crippen LogP contribution in [0.15, 0.2) is 34.0 Å². The lowest BCUT2D eigenvalue weighted by molar-refractivity contribution is 0.615. The first-order valence-corrected chi connectivity index (χ1v) is 8.35. The van der Waals surface area contributed by atoms with Gasteiger partial charge in [-0.1, -0.05) is 6.07 Å². The van der Waals surface area contributed by atoms with Crippen LogP contribution in [0.5, 0.6) is 0 Å². The van der Waals surface area contributed by atoms with Crippen LogP contribution in [0.25, 0.3) is 16.8 Å². The predicted molar refractivity (Wildman–Crippen MR) is 95.9 cm³/mol. The van der Waals surface area contributed by atoms with Gasteiger partial charge in [0.25, 0.3) is 5.56 Å². The van der Waals surface area contributed by atoms with E-state index >= 15 is 0 Å². The highest BCUT2D eigenvalue weighted by Crippen LogP contribution is 2.41. The van der Waals surface area contributed by atoms with Crippen LogP contribution in [-0.4, -0.2) is 14.1 Å². The standard InChI is InChI=1S/C18H18FN5O2/c1-9-14(13-4-2-3-11(7-20)22-13)12(19)8-23-16(9)15(10-5-6-10)17(25)24(21)18(23)26/h2-4,8,10H,5-7,20-21H2,1H3. The molecule has 7 nitrogen and oxygen atoms in total. The van der Waals surface area contributed by atoms with Crippen LogP contribution in [0.1, 0.15) is 35.6 Å². The number of nitrogen functional groups attached to an aromatic ring is 1. The van der Waals surface area contributed by atoms with Gasteiger partial charge < -0.3 is 11.6 Å². The highest BCUT2D eigenvalue weighted by atomic mass is 19.1. The van der Waals surface area contributed by atoms with Gasteiger partial charge in [0, 0.05) is 17.7 Å². The lowest BCUT2D eigenvalue weighted by Gasteiger charge is -2.16. The van der Waals surface area contributed by atoms with Crippen molar-refractivity contribution in [1.82, 2.24) is 14.1 Å². The van der Waals surface area contributed by atoms with E-state index in [9.17, 15) is 14.0 Å². The van der Waals surface area contributed by atoms with Crippen molar-refractivity contribution in [1.29, 1.82) is 0 Å². The Morgan fingerprint density at radius 1 is 1.31 bits per heavy atom. The number of pyridine rings is 2. The molecule has 0 saturated heterocycles. The van der Waals surface area contributed by atoms with Crippen LogP contribution in [0.2, 0.25) is 0 Å². The molecule has 3 heterocycles. The number of rotatable bonds is 3. The first-order valence-electron chi connectivity index (χ1n) is 8.35. The normalized spacial score (nSPS) is 14.1. The topological polar surface area (TPSA) is 108 Å². The molecule has 1 fully saturated rings. The third kappa shape index (κ3) is 2.33. The summed E-state index contributed by atoms with van der Waals surface area (Å²) in [6.45, 7) is 1.92. The second-order valence-electron chi connectivity index (χ2n) is 6.56. The Hall–Kier alpha value is -3.00. The zero-order valence-corrected chi connectivity index (χ0v) is 14.2. The summed E-state index contributed by atoms with van der Waals surface area (Å²) < 4.78 is 16.6. The van der Waals surface area contributed by atoms with E-state index in [1.165, 1.54) is 0 Å². The highest BCUT2D eigenvalue weighted by molar-refractivity contribution is 5.75. The number of halogens is 1. The molecule has 0 aliphatic heterocycles. The Morgan fingerprint density at radius 2 is 2.04 bits per heavy atom. The summed E-state index contributed by atoms with van der Waals surface area (Å²) in [6, 6.07) is 5.19. The van der Waals surface area contributed by atoms with E-state index in [1.807, 2.05) is 0 Å². The Labute approximate surface area is 147 Å². The molecular formula is C18H18FN5O2. The fourth-order valence-corrected chi connectivity index (χ4v) is 3.42. The van der Waals surface area contributed by atoms with Gasteiger partial charge in [-0.25, -0.2) is 9.18 Å². The largest absolute Gasteiger partial charge is 0.354 e. The van der Waals surface area contributed by atoms with Crippen molar-refractivity contribution in [2.75, 3.05) is 5.84 Å². The van der Waals surface area contributed by atoms with Crippen molar-refractivity contribution in [3.05, 3.63) is 67.9 Å². The molecule has 4 rings (SSSR count). The molecule has 3 aromatic rings. The van der Waals surface area contributed by atoms with Crippen molar-refractivity contribution in [3.8, 4) is 11.3 Å². The number of hydrogen-bond acceptors (Lipinski definition) is 5. The van der Waals surface area contributed by atoms with Gasteiger partial charge in [-0.15, -0.1) is 0 Å². The van der Waals surface area contributed by atoms with Crippen molar-refractivity contribution in [2.45, 2.75) is 32.2 Å². The van der Waals surface area contributed by atoms with Crippen LogP contribution in [0.3, 0.4) is 0 Å². The Morgan fingerprint density at radius 3 is 2.69 bits per heavy atom.